The van der Waals surface area contributed by atoms with Crippen molar-refractivity contribution in [3.63, 3.8) is 0 Å². The average molecular weight is 545 g/mol. The van der Waals surface area contributed by atoms with Gasteiger partial charge in [0.05, 0.1) is 19.8 Å². The minimum absolute atomic E-state index is 0.686. The zero-order valence-corrected chi connectivity index (χ0v) is 19.7. The van der Waals surface area contributed by atoms with Crippen molar-refractivity contribution < 1.29 is 79.5 Å². The summed E-state index contributed by atoms with van der Waals surface area (Å²) in [5.74, 6) is -0.686. The third kappa shape index (κ3) is 6.38. The Morgan fingerprint density at radius 1 is 0.649 bits per heavy atom. The van der Waals surface area contributed by atoms with E-state index in [2.05, 4.69) is 5.32 Å². The molecular weight excluding hydrogens is 510 g/mol. The number of ether oxygens (including phenoxy) is 5. The Hall–Kier alpha value is -1.13. The van der Waals surface area contributed by atoms with Gasteiger partial charge in [-0.2, -0.15) is 0 Å². The summed E-state index contributed by atoms with van der Waals surface area (Å²) >= 11 is 0. The molecule has 3 heterocycles. The van der Waals surface area contributed by atoms with Gasteiger partial charge in [-0.3, -0.25) is 4.79 Å². The molecule has 3 saturated heterocycles. The maximum Gasteiger partial charge on any atom is 0.217 e. The van der Waals surface area contributed by atoms with Crippen LogP contribution in [-0.4, -0.2) is 169 Å². The second-order valence-corrected chi connectivity index (χ2v) is 9.07. The quantitative estimate of drug-likeness (QED) is 0.135. The van der Waals surface area contributed by atoms with Crippen molar-refractivity contribution in [2.45, 2.75) is 99.0 Å². The first-order chi connectivity index (χ1) is 17.4. The molecule has 0 radical (unpaired) electrons. The van der Waals surface area contributed by atoms with Gasteiger partial charge in [0.2, 0.25) is 5.91 Å². The number of hydrogen-bond donors (Lipinski definition) is 11. The number of hydrogen-bond acceptors (Lipinski definition) is 16. The van der Waals surface area contributed by atoms with Crippen LogP contribution in [0.2, 0.25) is 0 Å². The predicted molar refractivity (Wildman–Crippen MR) is 113 cm³/mol. The van der Waals surface area contributed by atoms with Crippen molar-refractivity contribution in [3.05, 3.63) is 0 Å². The van der Waals surface area contributed by atoms with Gasteiger partial charge < -0.3 is 80.1 Å². The van der Waals surface area contributed by atoms with Crippen LogP contribution < -0.4 is 5.32 Å². The van der Waals surface area contributed by atoms with Crippen molar-refractivity contribution in [2.24, 2.45) is 0 Å². The fourth-order valence-corrected chi connectivity index (χ4v) is 4.46. The highest BCUT2D eigenvalue weighted by molar-refractivity contribution is 5.73. The molecule has 0 bridgehead atoms. The molecule has 37 heavy (non-hydrogen) atoms. The Labute approximate surface area is 210 Å². The van der Waals surface area contributed by atoms with Crippen molar-refractivity contribution in [1.82, 2.24) is 5.32 Å². The van der Waals surface area contributed by atoms with E-state index in [0.29, 0.717) is 0 Å². The van der Waals surface area contributed by atoms with Crippen LogP contribution in [0.4, 0.5) is 0 Å². The maximum absolute atomic E-state index is 12.0. The number of nitrogens with one attached hydrogen (secondary N) is 1. The van der Waals surface area contributed by atoms with Gasteiger partial charge in [-0.05, 0) is 0 Å². The van der Waals surface area contributed by atoms with Gasteiger partial charge in [0, 0.05) is 6.92 Å². The molecule has 0 aromatic heterocycles. The molecule has 3 rings (SSSR count). The van der Waals surface area contributed by atoms with E-state index in [4.69, 9.17) is 23.7 Å². The highest BCUT2D eigenvalue weighted by Crippen LogP contribution is 2.32. The minimum atomic E-state index is -1.87. The third-order valence-electron chi connectivity index (χ3n) is 6.49. The lowest BCUT2D eigenvalue weighted by Gasteiger charge is -2.49. The van der Waals surface area contributed by atoms with E-state index < -0.39 is 118 Å². The van der Waals surface area contributed by atoms with E-state index in [1.54, 1.807) is 0 Å². The monoisotopic (exact) mass is 545 g/mol. The standard InChI is InChI=1S/C20H35NO16/c1-5(25)21-9-17(37-20-15(31)12(28)10(26)6(2-22)35-20)11(27)7(3-23)34-19(9)36-16-8(4-24)33-18(32)14(30)13(16)29/h6-20,22-24,26-32H,2-4H2,1H3,(H,21,25)/t6-,7-,8-,9-,10-,11-,12+,13-,14-,15-,16-,17-,18?,19+,20+/m1/s1. The molecular formula is C20H35NO16. The van der Waals surface area contributed by atoms with Gasteiger partial charge >= 0.3 is 0 Å². The average Bonchev–Trinajstić information content (AvgIpc) is 2.87. The topological polar surface area (TPSA) is 278 Å². The Kier molecular flexibility index (Phi) is 10.5. The van der Waals surface area contributed by atoms with Gasteiger partial charge in [0.15, 0.2) is 18.9 Å². The second-order valence-electron chi connectivity index (χ2n) is 9.07. The normalized spacial score (nSPS) is 49.0. The largest absolute Gasteiger partial charge is 0.394 e. The smallest absolute Gasteiger partial charge is 0.217 e. The number of carbonyl (C=O) groups excluding carboxylic acids is 1. The molecule has 3 fully saturated rings. The number of amides is 1. The van der Waals surface area contributed by atoms with Crippen LogP contribution in [-0.2, 0) is 28.5 Å². The summed E-state index contributed by atoms with van der Waals surface area (Å²) in [4.78, 5) is 12.0. The number of carbonyl (C=O) groups is 1. The first kappa shape index (κ1) is 30.4. The summed E-state index contributed by atoms with van der Waals surface area (Å²) in [5.41, 5.74) is 0. The molecule has 0 spiro atoms. The van der Waals surface area contributed by atoms with Crippen LogP contribution in [0, 0.1) is 0 Å². The molecule has 0 aromatic rings. The van der Waals surface area contributed by atoms with Gasteiger partial charge in [-0.1, -0.05) is 0 Å². The fourth-order valence-electron chi connectivity index (χ4n) is 4.46. The Morgan fingerprint density at radius 3 is 1.76 bits per heavy atom. The van der Waals surface area contributed by atoms with Crippen LogP contribution in [0.3, 0.4) is 0 Å². The van der Waals surface area contributed by atoms with Crippen molar-refractivity contribution in [2.75, 3.05) is 19.8 Å². The summed E-state index contributed by atoms with van der Waals surface area (Å²) in [7, 11) is 0. The molecule has 0 saturated carbocycles. The minimum Gasteiger partial charge on any atom is -0.394 e. The Bertz CT molecular complexity index is 743. The number of aliphatic hydroxyl groups is 10. The zero-order chi connectivity index (χ0) is 27.6. The van der Waals surface area contributed by atoms with Crippen LogP contribution in [0.5, 0.6) is 0 Å². The highest BCUT2D eigenvalue weighted by Gasteiger charge is 2.54. The first-order valence-corrected chi connectivity index (χ1v) is 11.6. The molecule has 11 N–H and O–H groups in total. The lowest BCUT2D eigenvalue weighted by molar-refractivity contribution is -0.363. The molecule has 17 nitrogen and oxygen atoms in total. The van der Waals surface area contributed by atoms with Crippen molar-refractivity contribution in [3.8, 4) is 0 Å². The summed E-state index contributed by atoms with van der Waals surface area (Å²) < 4.78 is 27.3. The van der Waals surface area contributed by atoms with E-state index >= 15 is 0 Å². The Balaban J connectivity index is 1.90. The van der Waals surface area contributed by atoms with Crippen LogP contribution >= 0.6 is 0 Å². The van der Waals surface area contributed by atoms with E-state index in [1.807, 2.05) is 0 Å². The zero-order valence-electron chi connectivity index (χ0n) is 19.7. The van der Waals surface area contributed by atoms with Crippen molar-refractivity contribution in [1.29, 1.82) is 0 Å². The summed E-state index contributed by atoms with van der Waals surface area (Å²) in [5, 5.41) is 103. The molecule has 15 atom stereocenters. The highest BCUT2D eigenvalue weighted by atomic mass is 16.7. The first-order valence-electron chi connectivity index (χ1n) is 11.6. The number of rotatable bonds is 8. The maximum atomic E-state index is 12.0. The lowest BCUT2D eigenvalue weighted by atomic mass is 9.94. The van der Waals surface area contributed by atoms with E-state index in [0.717, 1.165) is 6.92 Å². The Morgan fingerprint density at radius 2 is 1.19 bits per heavy atom. The van der Waals surface area contributed by atoms with E-state index in [9.17, 15) is 55.9 Å². The fraction of sp³-hybridized carbons (Fsp3) is 0.950. The lowest BCUT2D eigenvalue weighted by Crippen LogP contribution is -2.69. The van der Waals surface area contributed by atoms with Crippen LogP contribution in [0.25, 0.3) is 0 Å². The summed E-state index contributed by atoms with van der Waals surface area (Å²) in [6, 6.07) is -1.46. The molecule has 0 aromatic carbocycles. The van der Waals surface area contributed by atoms with E-state index in [1.165, 1.54) is 0 Å². The molecule has 216 valence electrons. The van der Waals surface area contributed by atoms with E-state index in [-0.39, 0.29) is 0 Å². The van der Waals surface area contributed by atoms with Gasteiger partial charge in [-0.15, -0.1) is 0 Å². The van der Waals surface area contributed by atoms with Gasteiger partial charge in [0.1, 0.15) is 73.2 Å². The molecule has 0 aliphatic carbocycles. The molecule has 3 aliphatic rings. The third-order valence-corrected chi connectivity index (χ3v) is 6.49. The van der Waals surface area contributed by atoms with Gasteiger partial charge in [0.25, 0.3) is 0 Å². The molecule has 1 unspecified atom stereocenters. The predicted octanol–water partition coefficient (Wildman–Crippen LogP) is -7.43. The summed E-state index contributed by atoms with van der Waals surface area (Å²) in [6.07, 6.45) is -23.3. The molecule has 1 amide bonds. The summed E-state index contributed by atoms with van der Waals surface area (Å²) in [6.45, 7) is -1.25. The molecule has 17 heteroatoms. The van der Waals surface area contributed by atoms with Gasteiger partial charge in [-0.25, -0.2) is 0 Å². The number of aliphatic hydroxyl groups excluding tert-OH is 10. The van der Waals surface area contributed by atoms with Crippen LogP contribution in [0.15, 0.2) is 0 Å². The van der Waals surface area contributed by atoms with Crippen LogP contribution in [0.1, 0.15) is 6.92 Å². The molecule has 3 aliphatic heterocycles. The van der Waals surface area contributed by atoms with Crippen molar-refractivity contribution >= 4 is 5.91 Å². The SMILES string of the molecule is CC(=O)N[C@H]1[C@H](O[C@H]2[C@H](O)[C@@H](O)C(O)O[C@@H]2CO)O[C@H](CO)[C@@H](O)[C@@H]1O[C@@H]1O[C@H](CO)[C@@H](O)[C@H](O)[C@H]1O. The second kappa shape index (κ2) is 12.8.